The Labute approximate surface area is 74.9 Å². The van der Waals surface area contributed by atoms with Crippen LogP contribution in [0.3, 0.4) is 0 Å². The summed E-state index contributed by atoms with van der Waals surface area (Å²) in [5.41, 5.74) is 0. The van der Waals surface area contributed by atoms with Gasteiger partial charge < -0.3 is 10.6 Å². The highest BCUT2D eigenvalue weighted by molar-refractivity contribution is 5.81. The lowest BCUT2D eigenvalue weighted by atomic mass is 10.2. The normalized spacial score (nSPS) is 13.1. The lowest BCUT2D eigenvalue weighted by molar-refractivity contribution is -0.122. The highest BCUT2D eigenvalue weighted by Crippen LogP contribution is 1.86. The standard InChI is InChI=1S/C9H20N2O/c1-5-6-10-9(12)8(4)11-7(2)3/h7-8,11H,5-6H2,1-4H3,(H,10,12). The van der Waals surface area contributed by atoms with Crippen LogP contribution in [0.15, 0.2) is 0 Å². The Kier molecular flexibility index (Phi) is 5.72. The molecule has 1 atom stereocenters. The lowest BCUT2D eigenvalue weighted by Crippen LogP contribution is -2.45. The van der Waals surface area contributed by atoms with Crippen molar-refractivity contribution in [2.24, 2.45) is 0 Å². The van der Waals surface area contributed by atoms with Crippen molar-refractivity contribution in [2.75, 3.05) is 6.54 Å². The van der Waals surface area contributed by atoms with Crippen LogP contribution in [0.25, 0.3) is 0 Å². The average molecular weight is 172 g/mol. The number of rotatable bonds is 5. The summed E-state index contributed by atoms with van der Waals surface area (Å²) in [6, 6.07) is 0.268. The summed E-state index contributed by atoms with van der Waals surface area (Å²) >= 11 is 0. The zero-order valence-electron chi connectivity index (χ0n) is 8.48. The monoisotopic (exact) mass is 172 g/mol. The molecule has 1 amide bonds. The Morgan fingerprint density at radius 2 is 1.92 bits per heavy atom. The van der Waals surface area contributed by atoms with E-state index in [0.717, 1.165) is 13.0 Å². The van der Waals surface area contributed by atoms with Crippen LogP contribution in [0, 0.1) is 0 Å². The van der Waals surface area contributed by atoms with Gasteiger partial charge in [-0.3, -0.25) is 4.79 Å². The lowest BCUT2D eigenvalue weighted by Gasteiger charge is -2.15. The second kappa shape index (κ2) is 6.00. The Bertz CT molecular complexity index is 134. The zero-order valence-corrected chi connectivity index (χ0v) is 8.48. The van der Waals surface area contributed by atoms with Crippen LogP contribution in [0.2, 0.25) is 0 Å². The molecule has 2 N–H and O–H groups in total. The first kappa shape index (κ1) is 11.4. The van der Waals surface area contributed by atoms with Crippen LogP contribution in [0.4, 0.5) is 0 Å². The molecule has 0 aliphatic heterocycles. The van der Waals surface area contributed by atoms with Crippen molar-refractivity contribution in [3.63, 3.8) is 0 Å². The van der Waals surface area contributed by atoms with Gasteiger partial charge in [0.1, 0.15) is 0 Å². The number of carbonyl (C=O) groups excluding carboxylic acids is 1. The Morgan fingerprint density at radius 1 is 1.33 bits per heavy atom. The van der Waals surface area contributed by atoms with Crippen molar-refractivity contribution in [3.05, 3.63) is 0 Å². The third-order valence-electron chi connectivity index (χ3n) is 1.53. The molecule has 0 saturated carbocycles. The van der Waals surface area contributed by atoms with Crippen LogP contribution >= 0.6 is 0 Å². The van der Waals surface area contributed by atoms with Crippen molar-refractivity contribution >= 4 is 5.91 Å². The van der Waals surface area contributed by atoms with E-state index in [1.165, 1.54) is 0 Å². The van der Waals surface area contributed by atoms with Gasteiger partial charge in [0.25, 0.3) is 0 Å². The smallest absolute Gasteiger partial charge is 0.236 e. The van der Waals surface area contributed by atoms with Crippen LogP contribution < -0.4 is 10.6 Å². The van der Waals surface area contributed by atoms with Crippen molar-refractivity contribution in [2.45, 2.75) is 46.2 Å². The van der Waals surface area contributed by atoms with Gasteiger partial charge in [0.2, 0.25) is 5.91 Å². The van der Waals surface area contributed by atoms with E-state index in [1.807, 2.05) is 27.7 Å². The fourth-order valence-electron chi connectivity index (χ4n) is 0.977. The summed E-state index contributed by atoms with van der Waals surface area (Å²) < 4.78 is 0. The summed E-state index contributed by atoms with van der Waals surface area (Å²) in [5, 5.41) is 5.98. The quantitative estimate of drug-likeness (QED) is 0.647. The molecule has 0 radical (unpaired) electrons. The van der Waals surface area contributed by atoms with Gasteiger partial charge in [0, 0.05) is 12.6 Å². The number of amides is 1. The van der Waals surface area contributed by atoms with Crippen molar-refractivity contribution in [1.29, 1.82) is 0 Å². The molecule has 0 heterocycles. The van der Waals surface area contributed by atoms with Crippen LogP contribution in [-0.4, -0.2) is 24.5 Å². The molecule has 0 aromatic rings. The van der Waals surface area contributed by atoms with E-state index in [0.29, 0.717) is 6.04 Å². The number of nitrogens with one attached hydrogen (secondary N) is 2. The maximum atomic E-state index is 11.3. The fourth-order valence-corrected chi connectivity index (χ4v) is 0.977. The molecule has 72 valence electrons. The van der Waals surface area contributed by atoms with Gasteiger partial charge in [-0.25, -0.2) is 0 Å². The minimum absolute atomic E-state index is 0.0865. The van der Waals surface area contributed by atoms with Gasteiger partial charge in [-0.15, -0.1) is 0 Å². The molecule has 1 unspecified atom stereocenters. The minimum atomic E-state index is -0.0865. The van der Waals surface area contributed by atoms with E-state index < -0.39 is 0 Å². The fraction of sp³-hybridized carbons (Fsp3) is 0.889. The predicted molar refractivity (Wildman–Crippen MR) is 51.0 cm³/mol. The van der Waals surface area contributed by atoms with Gasteiger partial charge in [-0.05, 0) is 13.3 Å². The van der Waals surface area contributed by atoms with Crippen molar-refractivity contribution < 1.29 is 4.79 Å². The molecule has 0 aromatic carbocycles. The Morgan fingerprint density at radius 3 is 2.33 bits per heavy atom. The molecular weight excluding hydrogens is 152 g/mol. The molecular formula is C9H20N2O. The largest absolute Gasteiger partial charge is 0.355 e. The molecule has 0 bridgehead atoms. The Balaban J connectivity index is 3.61. The summed E-state index contributed by atoms with van der Waals surface area (Å²) in [5.74, 6) is 0.0885. The van der Waals surface area contributed by atoms with Gasteiger partial charge in [-0.1, -0.05) is 20.8 Å². The molecule has 3 nitrogen and oxygen atoms in total. The first-order valence-corrected chi connectivity index (χ1v) is 4.61. The molecule has 0 aliphatic rings. The SMILES string of the molecule is CCCNC(=O)C(C)NC(C)C. The van der Waals surface area contributed by atoms with E-state index >= 15 is 0 Å². The number of hydrogen-bond donors (Lipinski definition) is 2. The van der Waals surface area contributed by atoms with Gasteiger partial charge in [0.15, 0.2) is 0 Å². The highest BCUT2D eigenvalue weighted by atomic mass is 16.2. The summed E-state index contributed by atoms with van der Waals surface area (Å²) in [6.45, 7) is 8.75. The van der Waals surface area contributed by atoms with E-state index in [1.54, 1.807) is 0 Å². The first-order chi connectivity index (χ1) is 5.57. The van der Waals surface area contributed by atoms with E-state index in [2.05, 4.69) is 10.6 Å². The highest BCUT2D eigenvalue weighted by Gasteiger charge is 2.11. The molecule has 0 fully saturated rings. The minimum Gasteiger partial charge on any atom is -0.355 e. The summed E-state index contributed by atoms with van der Waals surface area (Å²) in [6.07, 6.45) is 0.986. The predicted octanol–water partition coefficient (Wildman–Crippen LogP) is 0.899. The second-order valence-electron chi connectivity index (χ2n) is 3.33. The molecule has 0 spiro atoms. The third-order valence-corrected chi connectivity index (χ3v) is 1.53. The average Bonchev–Trinajstić information content (AvgIpc) is 1.98. The molecule has 0 saturated heterocycles. The van der Waals surface area contributed by atoms with Gasteiger partial charge >= 0.3 is 0 Å². The van der Waals surface area contributed by atoms with Gasteiger partial charge in [0.05, 0.1) is 6.04 Å². The number of carbonyl (C=O) groups is 1. The maximum Gasteiger partial charge on any atom is 0.236 e. The van der Waals surface area contributed by atoms with Crippen LogP contribution in [0.5, 0.6) is 0 Å². The maximum absolute atomic E-state index is 11.3. The van der Waals surface area contributed by atoms with Gasteiger partial charge in [-0.2, -0.15) is 0 Å². The van der Waals surface area contributed by atoms with Crippen LogP contribution in [0.1, 0.15) is 34.1 Å². The Hall–Kier alpha value is -0.570. The second-order valence-corrected chi connectivity index (χ2v) is 3.33. The molecule has 0 aromatic heterocycles. The zero-order chi connectivity index (χ0) is 9.56. The summed E-state index contributed by atoms with van der Waals surface area (Å²) in [4.78, 5) is 11.3. The molecule has 0 aliphatic carbocycles. The molecule has 12 heavy (non-hydrogen) atoms. The topological polar surface area (TPSA) is 41.1 Å². The molecule has 0 rings (SSSR count). The molecule has 3 heteroatoms. The third kappa shape index (κ3) is 5.13. The van der Waals surface area contributed by atoms with Crippen molar-refractivity contribution in [3.8, 4) is 0 Å². The van der Waals surface area contributed by atoms with E-state index in [9.17, 15) is 4.79 Å². The van der Waals surface area contributed by atoms with E-state index in [4.69, 9.17) is 0 Å². The summed E-state index contributed by atoms with van der Waals surface area (Å²) in [7, 11) is 0. The first-order valence-electron chi connectivity index (χ1n) is 4.61. The van der Waals surface area contributed by atoms with Crippen molar-refractivity contribution in [1.82, 2.24) is 10.6 Å². The number of hydrogen-bond acceptors (Lipinski definition) is 2. The van der Waals surface area contributed by atoms with Crippen LogP contribution in [-0.2, 0) is 4.79 Å². The van der Waals surface area contributed by atoms with E-state index in [-0.39, 0.29) is 11.9 Å².